The number of hydrogen-bond acceptors (Lipinski definition) is 5. The van der Waals surface area contributed by atoms with Crippen LogP contribution in [0.2, 0.25) is 5.02 Å². The summed E-state index contributed by atoms with van der Waals surface area (Å²) in [7, 11) is 3.02. The van der Waals surface area contributed by atoms with E-state index < -0.39 is 23.3 Å². The van der Waals surface area contributed by atoms with E-state index in [0.717, 1.165) is 16.7 Å². The summed E-state index contributed by atoms with van der Waals surface area (Å²) in [5, 5.41) is 7.95. The summed E-state index contributed by atoms with van der Waals surface area (Å²) in [6.07, 6.45) is 0.292. The molecule has 0 bridgehead atoms. The normalized spacial score (nSPS) is 12.2. The number of aromatic nitrogens is 2. The van der Waals surface area contributed by atoms with Crippen LogP contribution in [0.15, 0.2) is 42.5 Å². The van der Waals surface area contributed by atoms with Crippen LogP contribution in [0, 0.1) is 13.8 Å². The molecule has 0 aliphatic heterocycles. The van der Waals surface area contributed by atoms with E-state index in [9.17, 15) is 9.59 Å². The molecule has 1 aromatic heterocycles. The van der Waals surface area contributed by atoms with Crippen LogP contribution in [0.4, 0.5) is 0 Å². The van der Waals surface area contributed by atoms with E-state index >= 15 is 0 Å². The number of benzene rings is 2. The van der Waals surface area contributed by atoms with Crippen molar-refractivity contribution in [3.63, 3.8) is 0 Å². The number of amides is 1. The number of methoxy groups -OCH3 is 1. The first-order valence-electron chi connectivity index (χ1n) is 11.4. The average molecular weight is 498 g/mol. The molecule has 3 aromatic rings. The molecule has 7 nitrogen and oxygen atoms in total. The van der Waals surface area contributed by atoms with Gasteiger partial charge in [0.15, 0.2) is 0 Å². The van der Waals surface area contributed by atoms with Crippen molar-refractivity contribution >= 4 is 23.5 Å². The van der Waals surface area contributed by atoms with Crippen molar-refractivity contribution in [3.8, 4) is 11.6 Å². The quantitative estimate of drug-likeness (QED) is 0.448. The van der Waals surface area contributed by atoms with E-state index in [2.05, 4.69) is 10.4 Å². The van der Waals surface area contributed by atoms with Gasteiger partial charge < -0.3 is 14.8 Å². The third-order valence-electron chi connectivity index (χ3n) is 5.66. The highest BCUT2D eigenvalue weighted by molar-refractivity contribution is 6.30. The molecular formula is C27H32ClN3O4. The summed E-state index contributed by atoms with van der Waals surface area (Å²) < 4.78 is 12.6. The van der Waals surface area contributed by atoms with Gasteiger partial charge in [0.1, 0.15) is 17.4 Å². The van der Waals surface area contributed by atoms with Crippen LogP contribution in [-0.4, -0.2) is 34.8 Å². The summed E-state index contributed by atoms with van der Waals surface area (Å²) in [6, 6.07) is 12.0. The molecule has 2 aromatic carbocycles. The highest BCUT2D eigenvalue weighted by atomic mass is 35.5. The van der Waals surface area contributed by atoms with Gasteiger partial charge in [-0.15, -0.1) is 0 Å². The lowest BCUT2D eigenvalue weighted by Gasteiger charge is -2.21. The maximum atomic E-state index is 13.7. The fourth-order valence-electron chi connectivity index (χ4n) is 3.86. The van der Waals surface area contributed by atoms with Crippen molar-refractivity contribution in [2.24, 2.45) is 7.05 Å². The van der Waals surface area contributed by atoms with E-state index in [1.165, 1.54) is 11.8 Å². The zero-order chi connectivity index (χ0) is 25.9. The monoisotopic (exact) mass is 497 g/mol. The molecule has 1 unspecified atom stereocenters. The van der Waals surface area contributed by atoms with Crippen LogP contribution < -0.4 is 10.1 Å². The molecule has 0 saturated heterocycles. The van der Waals surface area contributed by atoms with E-state index in [1.54, 1.807) is 31.3 Å². The number of nitrogens with one attached hydrogen (secondary N) is 1. The molecule has 35 heavy (non-hydrogen) atoms. The minimum atomic E-state index is -0.888. The van der Waals surface area contributed by atoms with Gasteiger partial charge in [-0.05, 0) is 43.2 Å². The summed E-state index contributed by atoms with van der Waals surface area (Å²) >= 11 is 6.12. The second-order valence-corrected chi connectivity index (χ2v) is 10.1. The van der Waals surface area contributed by atoms with Crippen molar-refractivity contribution in [2.45, 2.75) is 52.5 Å². The molecule has 0 radical (unpaired) electrons. The maximum Gasteiger partial charge on any atom is 0.328 e. The molecule has 1 heterocycles. The molecule has 1 atom stereocenters. The first kappa shape index (κ1) is 26.3. The Kier molecular flexibility index (Phi) is 7.90. The van der Waals surface area contributed by atoms with Gasteiger partial charge in [0, 0.05) is 23.9 Å². The summed E-state index contributed by atoms with van der Waals surface area (Å²) in [4.78, 5) is 26.3. The van der Waals surface area contributed by atoms with E-state index in [0.29, 0.717) is 22.9 Å². The fraction of sp³-hybridized carbons (Fsp3) is 0.370. The summed E-state index contributed by atoms with van der Waals surface area (Å²) in [5.41, 5.74) is 3.45. The first-order chi connectivity index (χ1) is 16.4. The zero-order valence-electron chi connectivity index (χ0n) is 21.2. The highest BCUT2D eigenvalue weighted by Crippen LogP contribution is 2.34. The molecule has 8 heteroatoms. The van der Waals surface area contributed by atoms with E-state index in [4.69, 9.17) is 21.1 Å². The van der Waals surface area contributed by atoms with Gasteiger partial charge in [0.2, 0.25) is 5.88 Å². The molecule has 0 fully saturated rings. The minimum absolute atomic E-state index is 0.254. The predicted octanol–water partition coefficient (Wildman–Crippen LogP) is 5.29. The zero-order valence-corrected chi connectivity index (χ0v) is 22.0. The van der Waals surface area contributed by atoms with Crippen LogP contribution in [-0.2, 0) is 28.4 Å². The molecule has 0 aliphatic carbocycles. The Labute approximate surface area is 211 Å². The Morgan fingerprint density at radius 1 is 1.14 bits per heavy atom. The number of carbonyl (C=O) groups is 2. The topological polar surface area (TPSA) is 82.5 Å². The Bertz CT molecular complexity index is 1240. The fourth-order valence-corrected chi connectivity index (χ4v) is 4.04. The second-order valence-electron chi connectivity index (χ2n) is 9.65. The molecular weight excluding hydrogens is 466 g/mol. The molecule has 186 valence electrons. The van der Waals surface area contributed by atoms with Gasteiger partial charge in [-0.1, -0.05) is 62.2 Å². The van der Waals surface area contributed by atoms with Crippen molar-refractivity contribution in [1.29, 1.82) is 0 Å². The van der Waals surface area contributed by atoms with Gasteiger partial charge in [-0.25, -0.2) is 9.48 Å². The maximum absolute atomic E-state index is 13.7. The highest BCUT2D eigenvalue weighted by Gasteiger charge is 2.34. The van der Waals surface area contributed by atoms with E-state index in [1.807, 2.05) is 52.8 Å². The van der Waals surface area contributed by atoms with Gasteiger partial charge in [0.05, 0.1) is 12.8 Å². The number of halogens is 1. The largest absolute Gasteiger partial charge is 0.467 e. The third-order valence-corrected chi connectivity index (χ3v) is 5.89. The van der Waals surface area contributed by atoms with Crippen LogP contribution in [0.1, 0.15) is 53.5 Å². The van der Waals surface area contributed by atoms with Crippen LogP contribution in [0.3, 0.4) is 0 Å². The first-order valence-corrected chi connectivity index (χ1v) is 11.7. The van der Waals surface area contributed by atoms with Gasteiger partial charge in [0.25, 0.3) is 5.91 Å². The number of esters is 1. The summed E-state index contributed by atoms with van der Waals surface area (Å²) in [6.45, 7) is 9.87. The smallest absolute Gasteiger partial charge is 0.328 e. The Hall–Kier alpha value is -3.32. The number of nitrogens with zero attached hydrogens (tertiary/aromatic N) is 2. The lowest BCUT2D eigenvalue weighted by Crippen LogP contribution is -2.43. The molecule has 0 spiro atoms. The van der Waals surface area contributed by atoms with Gasteiger partial charge in [-0.2, -0.15) is 5.10 Å². The molecule has 3 rings (SSSR count). The SMILES string of the molecule is COC(=O)C(Cc1ccc(C)cc1C)NC(=O)c1c(C(C)(C)C)nn(C)c1Oc1cccc(Cl)c1. The minimum Gasteiger partial charge on any atom is -0.467 e. The van der Waals surface area contributed by atoms with Crippen molar-refractivity contribution < 1.29 is 19.1 Å². The lowest BCUT2D eigenvalue weighted by atomic mass is 9.89. The number of aryl methyl sites for hydroxylation is 3. The van der Waals surface area contributed by atoms with E-state index in [-0.39, 0.29) is 11.4 Å². The second kappa shape index (κ2) is 10.5. The lowest BCUT2D eigenvalue weighted by molar-refractivity contribution is -0.142. The number of rotatable bonds is 7. The standard InChI is InChI=1S/C27H32ClN3O4/c1-16-11-12-18(17(2)13-16)14-21(26(33)34-7)29-24(32)22-23(27(3,4)5)30-31(6)25(22)35-20-10-8-9-19(28)15-20/h8-13,15,21H,14H2,1-7H3,(H,29,32). The molecule has 1 amide bonds. The van der Waals surface area contributed by atoms with Crippen LogP contribution in [0.5, 0.6) is 11.6 Å². The van der Waals surface area contributed by atoms with Crippen molar-refractivity contribution in [2.75, 3.05) is 7.11 Å². The number of carbonyl (C=O) groups excluding carboxylic acids is 2. The van der Waals surface area contributed by atoms with Gasteiger partial charge >= 0.3 is 5.97 Å². The molecule has 0 saturated carbocycles. The molecule has 0 aliphatic rings. The number of ether oxygens (including phenoxy) is 2. The number of hydrogen-bond donors (Lipinski definition) is 1. The van der Waals surface area contributed by atoms with Gasteiger partial charge in [-0.3, -0.25) is 4.79 Å². The van der Waals surface area contributed by atoms with Crippen LogP contribution >= 0.6 is 11.6 Å². The third kappa shape index (κ3) is 6.22. The predicted molar refractivity (Wildman–Crippen MR) is 136 cm³/mol. The molecule has 1 N–H and O–H groups in total. The van der Waals surface area contributed by atoms with Crippen LogP contribution in [0.25, 0.3) is 0 Å². The average Bonchev–Trinajstić information content (AvgIpc) is 3.11. The Morgan fingerprint density at radius 3 is 2.46 bits per heavy atom. The Balaban J connectivity index is 2.00. The van der Waals surface area contributed by atoms with Crippen molar-refractivity contribution in [1.82, 2.24) is 15.1 Å². The Morgan fingerprint density at radius 2 is 1.86 bits per heavy atom. The van der Waals surface area contributed by atoms with Crippen molar-refractivity contribution in [3.05, 3.63) is 75.4 Å². The summed E-state index contributed by atoms with van der Waals surface area (Å²) in [5.74, 6) is -0.281.